The second kappa shape index (κ2) is 9.00. The Morgan fingerprint density at radius 3 is 2.50 bits per heavy atom. The van der Waals surface area contributed by atoms with Crippen molar-refractivity contribution in [2.24, 2.45) is 5.92 Å². The monoisotopic (exact) mass is 414 g/mol. The summed E-state index contributed by atoms with van der Waals surface area (Å²) >= 11 is 0. The lowest BCUT2D eigenvalue weighted by Gasteiger charge is -2.30. The van der Waals surface area contributed by atoms with Crippen molar-refractivity contribution in [2.75, 3.05) is 14.1 Å². The zero-order valence-corrected chi connectivity index (χ0v) is 17.4. The number of amides is 1. The van der Waals surface area contributed by atoms with Crippen LogP contribution < -0.4 is 5.32 Å². The molecule has 28 heavy (non-hydrogen) atoms. The van der Waals surface area contributed by atoms with Crippen LogP contribution in [0, 0.1) is 11.7 Å². The van der Waals surface area contributed by atoms with Gasteiger partial charge < -0.3 is 10.1 Å². The molecule has 1 aliphatic rings. The number of carbonyl (C=O) groups excluding carboxylic acids is 2. The third kappa shape index (κ3) is 5.08. The minimum Gasteiger partial charge on any atom is -0.449 e. The van der Waals surface area contributed by atoms with Gasteiger partial charge in [0.15, 0.2) is 6.10 Å². The summed E-state index contributed by atoms with van der Waals surface area (Å²) in [5.74, 6) is -2.13. The normalized spacial score (nSPS) is 21.2. The fourth-order valence-electron chi connectivity index (χ4n) is 3.14. The van der Waals surface area contributed by atoms with E-state index >= 15 is 0 Å². The van der Waals surface area contributed by atoms with Crippen LogP contribution in [-0.2, 0) is 19.6 Å². The van der Waals surface area contributed by atoms with Crippen LogP contribution in [-0.4, -0.2) is 50.8 Å². The number of rotatable bonds is 6. The van der Waals surface area contributed by atoms with Crippen LogP contribution in [0.1, 0.15) is 49.9 Å². The second-order valence-corrected chi connectivity index (χ2v) is 9.51. The zero-order valence-electron chi connectivity index (χ0n) is 16.6. The Kier molecular flexibility index (Phi) is 7.16. The molecule has 0 radical (unpaired) electrons. The Morgan fingerprint density at radius 2 is 1.89 bits per heavy atom. The van der Waals surface area contributed by atoms with Crippen LogP contribution in [0.2, 0.25) is 0 Å². The number of ether oxygens (including phenoxy) is 1. The molecular weight excluding hydrogens is 387 g/mol. The molecule has 7 nitrogen and oxygen atoms in total. The van der Waals surface area contributed by atoms with E-state index in [1.54, 1.807) is 0 Å². The van der Waals surface area contributed by atoms with Crippen molar-refractivity contribution in [3.63, 3.8) is 0 Å². The zero-order chi connectivity index (χ0) is 21.1. The maximum absolute atomic E-state index is 14.1. The molecule has 0 bridgehead atoms. The van der Waals surface area contributed by atoms with Gasteiger partial charge >= 0.3 is 5.97 Å². The van der Waals surface area contributed by atoms with Crippen molar-refractivity contribution in [1.29, 1.82) is 0 Å². The summed E-state index contributed by atoms with van der Waals surface area (Å²) in [6, 6.07) is 2.90. The van der Waals surface area contributed by atoms with Gasteiger partial charge in [0.25, 0.3) is 5.91 Å². The van der Waals surface area contributed by atoms with E-state index in [9.17, 15) is 22.4 Å². The summed E-state index contributed by atoms with van der Waals surface area (Å²) in [4.78, 5) is 24.4. The van der Waals surface area contributed by atoms with Crippen LogP contribution in [0.15, 0.2) is 23.1 Å². The van der Waals surface area contributed by atoms with E-state index in [4.69, 9.17) is 4.74 Å². The first kappa shape index (κ1) is 22.3. The van der Waals surface area contributed by atoms with Gasteiger partial charge in [0.1, 0.15) is 5.82 Å². The van der Waals surface area contributed by atoms with Crippen LogP contribution in [0.4, 0.5) is 4.39 Å². The van der Waals surface area contributed by atoms with E-state index < -0.39 is 39.4 Å². The molecule has 9 heteroatoms. The first-order chi connectivity index (χ1) is 13.0. The molecule has 1 aromatic carbocycles. The smallest absolute Gasteiger partial charge is 0.341 e. The van der Waals surface area contributed by atoms with E-state index in [-0.39, 0.29) is 10.9 Å². The Labute approximate surface area is 165 Å². The molecule has 1 saturated carbocycles. The van der Waals surface area contributed by atoms with Gasteiger partial charge in [0, 0.05) is 20.1 Å². The van der Waals surface area contributed by atoms with Gasteiger partial charge in [-0.05, 0) is 43.9 Å². The standard InChI is InChI=1S/C19H27FN2O5S/c1-12-7-5-6-8-17(12)21-18(23)13(2)27-19(24)15-11-14(9-10-16(15)20)28(25,26)22(3)4/h9-13,17H,5-8H2,1-4H3,(H,21,23)/t12-,13-,17-/m1/s1. The molecule has 1 amide bonds. The van der Waals surface area contributed by atoms with E-state index in [1.807, 2.05) is 0 Å². The van der Waals surface area contributed by atoms with Crippen molar-refractivity contribution < 1.29 is 27.1 Å². The third-order valence-electron chi connectivity index (χ3n) is 5.03. The fraction of sp³-hybridized carbons (Fsp3) is 0.579. The van der Waals surface area contributed by atoms with Gasteiger partial charge in [-0.15, -0.1) is 0 Å². The molecule has 0 saturated heterocycles. The van der Waals surface area contributed by atoms with Crippen molar-refractivity contribution in [1.82, 2.24) is 9.62 Å². The number of sulfonamides is 1. The number of nitrogens with one attached hydrogen (secondary N) is 1. The molecule has 1 aliphatic carbocycles. The van der Waals surface area contributed by atoms with Gasteiger partial charge in [-0.1, -0.05) is 19.8 Å². The molecule has 156 valence electrons. The highest BCUT2D eigenvalue weighted by Crippen LogP contribution is 2.24. The number of benzene rings is 1. The second-order valence-electron chi connectivity index (χ2n) is 7.35. The largest absolute Gasteiger partial charge is 0.449 e. The summed E-state index contributed by atoms with van der Waals surface area (Å²) in [5.41, 5.74) is -0.534. The van der Waals surface area contributed by atoms with Gasteiger partial charge in [0.05, 0.1) is 10.5 Å². The fourth-order valence-corrected chi connectivity index (χ4v) is 4.07. The topological polar surface area (TPSA) is 92.8 Å². The number of hydrogen-bond acceptors (Lipinski definition) is 5. The third-order valence-corrected chi connectivity index (χ3v) is 6.84. The Balaban J connectivity index is 2.10. The van der Waals surface area contributed by atoms with Crippen LogP contribution in [0.5, 0.6) is 0 Å². The first-order valence-corrected chi connectivity index (χ1v) is 10.7. The van der Waals surface area contributed by atoms with Crippen molar-refractivity contribution in [2.45, 2.75) is 56.6 Å². The average Bonchev–Trinajstić information content (AvgIpc) is 2.63. The molecular formula is C19H27FN2O5S. The van der Waals surface area contributed by atoms with Crippen molar-refractivity contribution in [3.8, 4) is 0 Å². The summed E-state index contributed by atoms with van der Waals surface area (Å²) in [6.07, 6.45) is 2.92. The molecule has 0 unspecified atom stereocenters. The lowest BCUT2D eigenvalue weighted by atomic mass is 9.86. The van der Waals surface area contributed by atoms with Crippen LogP contribution >= 0.6 is 0 Å². The molecule has 0 heterocycles. The molecule has 2 rings (SSSR count). The predicted octanol–water partition coefficient (Wildman–Crippen LogP) is 2.32. The lowest BCUT2D eigenvalue weighted by Crippen LogP contribution is -2.46. The van der Waals surface area contributed by atoms with Crippen LogP contribution in [0.3, 0.4) is 0 Å². The van der Waals surface area contributed by atoms with Gasteiger partial charge in [-0.3, -0.25) is 4.79 Å². The van der Waals surface area contributed by atoms with E-state index in [1.165, 1.54) is 21.0 Å². The average molecular weight is 414 g/mol. The molecule has 1 aromatic rings. The highest BCUT2D eigenvalue weighted by molar-refractivity contribution is 7.89. The molecule has 0 spiro atoms. The predicted molar refractivity (Wildman–Crippen MR) is 102 cm³/mol. The molecule has 3 atom stereocenters. The maximum Gasteiger partial charge on any atom is 0.341 e. The maximum atomic E-state index is 14.1. The van der Waals surface area contributed by atoms with Gasteiger partial charge in [-0.2, -0.15) is 0 Å². The molecule has 0 aliphatic heterocycles. The molecule has 1 fully saturated rings. The van der Waals surface area contributed by atoms with E-state index in [0.29, 0.717) is 5.92 Å². The summed E-state index contributed by atoms with van der Waals surface area (Å²) < 4.78 is 44.5. The minimum absolute atomic E-state index is 0.0210. The number of esters is 1. The van der Waals surface area contributed by atoms with Crippen LogP contribution in [0.25, 0.3) is 0 Å². The summed E-state index contributed by atoms with van der Waals surface area (Å²) in [7, 11) is -1.18. The lowest BCUT2D eigenvalue weighted by molar-refractivity contribution is -0.130. The highest BCUT2D eigenvalue weighted by atomic mass is 32.2. The Hall–Kier alpha value is -2.00. The number of hydrogen-bond donors (Lipinski definition) is 1. The number of nitrogens with zero attached hydrogens (tertiary/aromatic N) is 1. The van der Waals surface area contributed by atoms with E-state index in [2.05, 4.69) is 12.2 Å². The van der Waals surface area contributed by atoms with Crippen molar-refractivity contribution in [3.05, 3.63) is 29.6 Å². The van der Waals surface area contributed by atoms with Crippen molar-refractivity contribution >= 4 is 21.9 Å². The minimum atomic E-state index is -3.84. The highest BCUT2D eigenvalue weighted by Gasteiger charge is 2.28. The van der Waals surface area contributed by atoms with E-state index in [0.717, 1.165) is 48.2 Å². The SMILES string of the molecule is C[C@@H]1CCCC[C@H]1NC(=O)[C@@H](C)OC(=O)c1cc(S(=O)(=O)N(C)C)ccc1F. The molecule has 1 N–H and O–H groups in total. The number of halogens is 1. The number of carbonyl (C=O) groups is 2. The summed E-state index contributed by atoms with van der Waals surface area (Å²) in [5, 5.41) is 2.88. The first-order valence-electron chi connectivity index (χ1n) is 9.27. The quantitative estimate of drug-likeness (QED) is 0.721. The van der Waals surface area contributed by atoms with Gasteiger partial charge in [-0.25, -0.2) is 21.9 Å². The Morgan fingerprint density at radius 1 is 1.25 bits per heavy atom. The van der Waals surface area contributed by atoms with Gasteiger partial charge in [0.2, 0.25) is 10.0 Å². The Bertz CT molecular complexity index is 841. The summed E-state index contributed by atoms with van der Waals surface area (Å²) in [6.45, 7) is 3.46. The molecule has 0 aromatic heterocycles.